The maximum absolute atomic E-state index is 9.37. The summed E-state index contributed by atoms with van der Waals surface area (Å²) in [7, 11) is 0. The minimum absolute atomic E-state index is 0.191. The lowest BCUT2D eigenvalue weighted by atomic mass is 10.1. The average Bonchev–Trinajstić information content (AvgIpc) is 3.05. The van der Waals surface area contributed by atoms with Crippen LogP contribution >= 0.6 is 0 Å². The van der Waals surface area contributed by atoms with Gasteiger partial charge in [-0.2, -0.15) is 5.26 Å². The van der Waals surface area contributed by atoms with Gasteiger partial charge in [0, 0.05) is 43.4 Å². The Morgan fingerprint density at radius 1 is 1.23 bits per heavy atom. The summed E-state index contributed by atoms with van der Waals surface area (Å²) in [6.45, 7) is 9.57. The van der Waals surface area contributed by atoms with E-state index in [9.17, 15) is 5.26 Å². The van der Waals surface area contributed by atoms with Gasteiger partial charge in [-0.15, -0.1) is 0 Å². The van der Waals surface area contributed by atoms with E-state index in [1.165, 1.54) is 19.5 Å². The second-order valence-corrected chi connectivity index (χ2v) is 7.77. The molecular formula is C21H26N4O. The molecule has 0 amide bonds. The zero-order valence-electron chi connectivity index (χ0n) is 15.6. The largest absolute Gasteiger partial charge is 0.370 e. The maximum atomic E-state index is 9.37. The van der Waals surface area contributed by atoms with Crippen LogP contribution in [-0.2, 0) is 4.74 Å². The number of benzene rings is 1. The first kappa shape index (κ1) is 17.3. The molecule has 0 bridgehead atoms. The van der Waals surface area contributed by atoms with E-state index >= 15 is 0 Å². The van der Waals surface area contributed by atoms with Crippen molar-refractivity contribution >= 4 is 16.6 Å². The predicted octanol–water partition coefficient (Wildman–Crippen LogP) is 3.04. The van der Waals surface area contributed by atoms with E-state index in [2.05, 4.69) is 46.8 Å². The molecule has 5 nitrogen and oxygen atoms in total. The summed E-state index contributed by atoms with van der Waals surface area (Å²) in [6.07, 6.45) is 3.45. The second kappa shape index (κ2) is 7.22. The van der Waals surface area contributed by atoms with Gasteiger partial charge in [-0.05, 0) is 50.1 Å². The number of fused-ring (bicyclic) bond motifs is 1. The molecule has 5 heteroatoms. The van der Waals surface area contributed by atoms with E-state index in [1.54, 1.807) is 6.20 Å². The highest BCUT2D eigenvalue weighted by Crippen LogP contribution is 2.30. The van der Waals surface area contributed by atoms with Gasteiger partial charge in [0.25, 0.3) is 0 Å². The van der Waals surface area contributed by atoms with Crippen molar-refractivity contribution in [2.24, 2.45) is 5.92 Å². The Labute approximate surface area is 155 Å². The van der Waals surface area contributed by atoms with E-state index in [1.807, 2.05) is 12.1 Å². The van der Waals surface area contributed by atoms with Gasteiger partial charge in [-0.25, -0.2) is 0 Å². The third-order valence-corrected chi connectivity index (χ3v) is 5.50. The lowest BCUT2D eigenvalue weighted by Gasteiger charge is -2.40. The predicted molar refractivity (Wildman–Crippen MR) is 103 cm³/mol. The fourth-order valence-electron chi connectivity index (χ4n) is 4.35. The van der Waals surface area contributed by atoms with Crippen LogP contribution in [0.5, 0.6) is 0 Å². The minimum Gasteiger partial charge on any atom is -0.370 e. The molecule has 2 fully saturated rings. The van der Waals surface area contributed by atoms with E-state index in [4.69, 9.17) is 4.74 Å². The monoisotopic (exact) mass is 350 g/mol. The number of nitrogens with zero attached hydrogens (tertiary/aromatic N) is 4. The van der Waals surface area contributed by atoms with E-state index < -0.39 is 0 Å². The van der Waals surface area contributed by atoms with E-state index in [0.29, 0.717) is 5.56 Å². The fourth-order valence-corrected chi connectivity index (χ4v) is 4.35. The summed E-state index contributed by atoms with van der Waals surface area (Å²) in [5.74, 6) is 0.792. The first-order chi connectivity index (χ1) is 12.6. The van der Waals surface area contributed by atoms with Gasteiger partial charge in [0.1, 0.15) is 6.07 Å². The van der Waals surface area contributed by atoms with Crippen molar-refractivity contribution < 1.29 is 4.74 Å². The van der Waals surface area contributed by atoms with E-state index in [-0.39, 0.29) is 12.2 Å². The van der Waals surface area contributed by atoms with Gasteiger partial charge in [0.05, 0.1) is 23.3 Å². The quantitative estimate of drug-likeness (QED) is 0.852. The Morgan fingerprint density at radius 2 is 2.12 bits per heavy atom. The average molecular weight is 350 g/mol. The SMILES string of the molecule is C[C@H]1CCN(C[C@H]2CN(c3ccc(C#N)c4ncccc34)C[C@@H](C)O2)C1. The lowest BCUT2D eigenvalue weighted by Crippen LogP contribution is -2.50. The maximum Gasteiger partial charge on any atom is 0.101 e. The van der Waals surface area contributed by atoms with Gasteiger partial charge in [-0.1, -0.05) is 6.92 Å². The normalized spacial score (nSPS) is 27.0. The Hall–Kier alpha value is -2.16. The molecule has 0 N–H and O–H groups in total. The summed E-state index contributed by atoms with van der Waals surface area (Å²) in [5, 5.41) is 10.4. The van der Waals surface area contributed by atoms with Crippen LogP contribution in [0, 0.1) is 17.2 Å². The molecule has 0 spiro atoms. The smallest absolute Gasteiger partial charge is 0.101 e. The van der Waals surface area contributed by atoms with Crippen LogP contribution in [0.25, 0.3) is 10.9 Å². The topological polar surface area (TPSA) is 52.4 Å². The van der Waals surface area contributed by atoms with Crippen LogP contribution in [0.2, 0.25) is 0 Å². The number of hydrogen-bond acceptors (Lipinski definition) is 5. The number of ether oxygens (including phenoxy) is 1. The van der Waals surface area contributed by atoms with Crippen LogP contribution in [-0.4, -0.2) is 54.8 Å². The number of likely N-dealkylation sites (tertiary alicyclic amines) is 1. The molecule has 2 aliphatic rings. The first-order valence-electron chi connectivity index (χ1n) is 9.54. The van der Waals surface area contributed by atoms with Gasteiger partial charge in [0.15, 0.2) is 0 Å². The van der Waals surface area contributed by atoms with Crippen molar-refractivity contribution in [1.82, 2.24) is 9.88 Å². The molecule has 3 atom stereocenters. The van der Waals surface area contributed by atoms with Gasteiger partial charge < -0.3 is 14.5 Å². The number of morpholine rings is 1. The lowest BCUT2D eigenvalue weighted by molar-refractivity contribution is -0.0297. The third kappa shape index (κ3) is 3.40. The summed E-state index contributed by atoms with van der Waals surface area (Å²) >= 11 is 0. The Bertz CT molecular complexity index is 830. The van der Waals surface area contributed by atoms with Crippen molar-refractivity contribution in [3.63, 3.8) is 0 Å². The molecule has 136 valence electrons. The standard InChI is InChI=1S/C21H26N4O/c1-15-7-9-24(11-15)13-18-14-25(12-16(2)26-18)20-6-5-17(10-22)21-19(20)4-3-8-23-21/h3-6,8,15-16,18H,7,9,11-14H2,1-2H3/t15-,16+,18-/m0/s1. The second-order valence-electron chi connectivity index (χ2n) is 7.77. The number of pyridine rings is 1. The highest BCUT2D eigenvalue weighted by atomic mass is 16.5. The molecule has 0 aliphatic carbocycles. The van der Waals surface area contributed by atoms with Gasteiger partial charge in [-0.3, -0.25) is 4.98 Å². The van der Waals surface area contributed by atoms with Crippen molar-refractivity contribution in [2.45, 2.75) is 32.5 Å². The molecule has 0 unspecified atom stereocenters. The highest BCUT2D eigenvalue weighted by molar-refractivity contribution is 5.95. The van der Waals surface area contributed by atoms with Crippen molar-refractivity contribution in [3.05, 3.63) is 36.0 Å². The van der Waals surface area contributed by atoms with Crippen molar-refractivity contribution in [1.29, 1.82) is 5.26 Å². The zero-order chi connectivity index (χ0) is 18.1. The third-order valence-electron chi connectivity index (χ3n) is 5.50. The van der Waals surface area contributed by atoms with Crippen molar-refractivity contribution in [2.75, 3.05) is 37.6 Å². The van der Waals surface area contributed by atoms with Crippen molar-refractivity contribution in [3.8, 4) is 6.07 Å². The Balaban J connectivity index is 1.59. The van der Waals surface area contributed by atoms with Crippen LogP contribution in [0.15, 0.2) is 30.5 Å². The molecule has 2 aromatic rings. The molecule has 0 saturated carbocycles. The summed E-state index contributed by atoms with van der Waals surface area (Å²) in [4.78, 5) is 9.39. The summed E-state index contributed by atoms with van der Waals surface area (Å²) < 4.78 is 6.24. The number of rotatable bonds is 3. The zero-order valence-corrected chi connectivity index (χ0v) is 15.6. The van der Waals surface area contributed by atoms with E-state index in [0.717, 1.165) is 42.1 Å². The Morgan fingerprint density at radius 3 is 2.88 bits per heavy atom. The number of nitriles is 1. The minimum atomic E-state index is 0.191. The molecule has 1 aromatic carbocycles. The van der Waals surface area contributed by atoms with Gasteiger partial charge >= 0.3 is 0 Å². The molecule has 1 aromatic heterocycles. The molecular weight excluding hydrogens is 324 g/mol. The highest BCUT2D eigenvalue weighted by Gasteiger charge is 2.30. The summed E-state index contributed by atoms with van der Waals surface area (Å²) in [6, 6.07) is 10.2. The number of anilines is 1. The van der Waals surface area contributed by atoms with Crippen LogP contribution in [0.4, 0.5) is 5.69 Å². The number of aromatic nitrogens is 1. The first-order valence-corrected chi connectivity index (χ1v) is 9.54. The Kier molecular flexibility index (Phi) is 4.80. The molecule has 2 saturated heterocycles. The van der Waals surface area contributed by atoms with Gasteiger partial charge in [0.2, 0.25) is 0 Å². The van der Waals surface area contributed by atoms with Crippen LogP contribution in [0.3, 0.4) is 0 Å². The molecule has 2 aliphatic heterocycles. The van der Waals surface area contributed by atoms with Crippen LogP contribution < -0.4 is 4.90 Å². The van der Waals surface area contributed by atoms with Crippen LogP contribution in [0.1, 0.15) is 25.8 Å². The fraction of sp³-hybridized carbons (Fsp3) is 0.524. The molecule has 4 rings (SSSR count). The molecule has 26 heavy (non-hydrogen) atoms. The number of hydrogen-bond donors (Lipinski definition) is 0. The molecule has 3 heterocycles. The summed E-state index contributed by atoms with van der Waals surface area (Å²) in [5.41, 5.74) is 2.58. The molecule has 0 radical (unpaired) electrons.